The second-order valence-electron chi connectivity index (χ2n) is 7.96. The van der Waals surface area contributed by atoms with Crippen molar-refractivity contribution in [2.45, 2.75) is 51.2 Å². The van der Waals surface area contributed by atoms with E-state index in [9.17, 15) is 9.90 Å². The van der Waals surface area contributed by atoms with Crippen LogP contribution in [0.1, 0.15) is 51.2 Å². The molecular formula is C20H27ClN4O2. The van der Waals surface area contributed by atoms with Gasteiger partial charge in [0.1, 0.15) is 6.10 Å². The predicted octanol–water partition coefficient (Wildman–Crippen LogP) is 3.67. The van der Waals surface area contributed by atoms with E-state index in [0.717, 1.165) is 48.7 Å². The summed E-state index contributed by atoms with van der Waals surface area (Å²) in [5.74, 6) is 0.237. The highest BCUT2D eigenvalue weighted by Gasteiger charge is 2.50. The van der Waals surface area contributed by atoms with Crippen LogP contribution in [0.4, 0.5) is 4.79 Å². The Labute approximate surface area is 164 Å². The van der Waals surface area contributed by atoms with E-state index in [1.54, 1.807) is 0 Å². The fourth-order valence-corrected chi connectivity index (χ4v) is 4.95. The molecule has 1 aromatic heterocycles. The maximum absolute atomic E-state index is 12.3. The van der Waals surface area contributed by atoms with E-state index in [1.807, 2.05) is 27.9 Å². The molecule has 0 saturated carbocycles. The second kappa shape index (κ2) is 6.99. The maximum Gasteiger partial charge on any atom is 0.317 e. The van der Waals surface area contributed by atoms with Crippen molar-refractivity contribution in [2.24, 2.45) is 5.92 Å². The van der Waals surface area contributed by atoms with Gasteiger partial charge in [0.2, 0.25) is 0 Å². The third kappa shape index (κ3) is 2.90. The smallest absolute Gasteiger partial charge is 0.317 e. The number of piperidine rings is 1. The number of rotatable bonds is 4. The van der Waals surface area contributed by atoms with Gasteiger partial charge in [0.05, 0.1) is 17.3 Å². The number of hydrogen-bond donors (Lipinski definition) is 2. The molecule has 3 heterocycles. The summed E-state index contributed by atoms with van der Waals surface area (Å²) in [5, 5.41) is 20.3. The van der Waals surface area contributed by atoms with E-state index in [2.05, 4.69) is 24.3 Å². The standard InChI is InChI=1S/C20H27ClN4O2/c1-3-4-7-22-19(27)24-8-5-14(6-9-24)20(2)18(26)16-11-15(21)10-13-12-23-25(20)17(13)16/h10-12,14,18,26H,3-9H2,1-2H3,(H,22,27)/t18-,20?/m1/s1. The molecule has 4 rings (SSSR count). The first-order chi connectivity index (χ1) is 13.0. The zero-order valence-corrected chi connectivity index (χ0v) is 16.7. The number of carbonyl (C=O) groups is 1. The number of likely N-dealkylation sites (tertiary alicyclic amines) is 1. The molecule has 2 N–H and O–H groups in total. The molecule has 2 aromatic rings. The highest BCUT2D eigenvalue weighted by Crippen LogP contribution is 2.51. The Morgan fingerprint density at radius 3 is 2.85 bits per heavy atom. The molecule has 0 spiro atoms. The van der Waals surface area contributed by atoms with Gasteiger partial charge in [-0.2, -0.15) is 5.10 Å². The molecule has 1 saturated heterocycles. The van der Waals surface area contributed by atoms with Crippen LogP contribution >= 0.6 is 11.6 Å². The van der Waals surface area contributed by atoms with Crippen molar-refractivity contribution in [1.82, 2.24) is 20.0 Å². The van der Waals surface area contributed by atoms with Gasteiger partial charge in [0.25, 0.3) is 0 Å². The van der Waals surface area contributed by atoms with E-state index in [4.69, 9.17) is 11.6 Å². The third-order valence-electron chi connectivity index (χ3n) is 6.38. The van der Waals surface area contributed by atoms with Crippen LogP contribution in [0.25, 0.3) is 10.9 Å². The molecule has 1 aromatic carbocycles. The summed E-state index contributed by atoms with van der Waals surface area (Å²) < 4.78 is 1.99. The van der Waals surface area contributed by atoms with E-state index in [-0.39, 0.29) is 11.9 Å². The highest BCUT2D eigenvalue weighted by molar-refractivity contribution is 6.31. The van der Waals surface area contributed by atoms with Gasteiger partial charge >= 0.3 is 6.03 Å². The largest absolute Gasteiger partial charge is 0.386 e. The minimum Gasteiger partial charge on any atom is -0.386 e. The second-order valence-corrected chi connectivity index (χ2v) is 8.40. The molecule has 2 aliphatic rings. The Kier molecular flexibility index (Phi) is 4.80. The minimum atomic E-state index is -0.641. The minimum absolute atomic E-state index is 0.0237. The summed E-state index contributed by atoms with van der Waals surface area (Å²) in [5.41, 5.74) is 1.32. The number of carbonyl (C=O) groups excluding carboxylic acids is 1. The number of unbranched alkanes of at least 4 members (excludes halogenated alkanes) is 1. The Hall–Kier alpha value is -1.79. The lowest BCUT2D eigenvalue weighted by atomic mass is 9.75. The van der Waals surface area contributed by atoms with Gasteiger partial charge in [-0.15, -0.1) is 0 Å². The van der Waals surface area contributed by atoms with Crippen LogP contribution in [0.5, 0.6) is 0 Å². The van der Waals surface area contributed by atoms with Crippen molar-refractivity contribution in [3.63, 3.8) is 0 Å². The number of aliphatic hydroxyl groups is 1. The van der Waals surface area contributed by atoms with Crippen LogP contribution in [0.3, 0.4) is 0 Å². The van der Waals surface area contributed by atoms with Crippen LogP contribution < -0.4 is 5.32 Å². The molecule has 0 radical (unpaired) electrons. The van der Waals surface area contributed by atoms with E-state index < -0.39 is 11.6 Å². The normalized spacial score (nSPS) is 25.3. The number of amides is 2. The molecule has 2 atom stereocenters. The van der Waals surface area contributed by atoms with Gasteiger partial charge in [-0.25, -0.2) is 4.79 Å². The zero-order valence-electron chi connectivity index (χ0n) is 15.9. The lowest BCUT2D eigenvalue weighted by Gasteiger charge is -2.42. The molecular weight excluding hydrogens is 364 g/mol. The fourth-order valence-electron chi connectivity index (χ4n) is 4.71. The van der Waals surface area contributed by atoms with Crippen molar-refractivity contribution < 1.29 is 9.90 Å². The summed E-state index contributed by atoms with van der Waals surface area (Å²) in [6.45, 7) is 6.33. The van der Waals surface area contributed by atoms with Crippen LogP contribution in [0.2, 0.25) is 5.02 Å². The van der Waals surface area contributed by atoms with Gasteiger partial charge in [0.15, 0.2) is 0 Å². The lowest BCUT2D eigenvalue weighted by molar-refractivity contribution is -0.0116. The molecule has 7 heteroatoms. The van der Waals surface area contributed by atoms with Crippen LogP contribution in [-0.2, 0) is 5.54 Å². The summed E-state index contributed by atoms with van der Waals surface area (Å²) >= 11 is 6.23. The monoisotopic (exact) mass is 390 g/mol. The first kappa shape index (κ1) is 18.6. The number of nitrogens with one attached hydrogen (secondary N) is 1. The van der Waals surface area contributed by atoms with Crippen LogP contribution in [-0.4, -0.2) is 45.5 Å². The van der Waals surface area contributed by atoms with Gasteiger partial charge in [0, 0.05) is 35.6 Å². The SMILES string of the molecule is CCCCNC(=O)N1CCC(C2(C)[C@H](O)c3cc(Cl)cc4cnn2c34)CC1. The first-order valence-corrected chi connectivity index (χ1v) is 10.2. The van der Waals surface area contributed by atoms with Gasteiger partial charge < -0.3 is 15.3 Å². The Morgan fingerprint density at radius 2 is 2.15 bits per heavy atom. The lowest BCUT2D eigenvalue weighted by Crippen LogP contribution is -2.50. The van der Waals surface area contributed by atoms with Gasteiger partial charge in [-0.3, -0.25) is 4.68 Å². The van der Waals surface area contributed by atoms with Gasteiger partial charge in [-0.1, -0.05) is 24.9 Å². The third-order valence-corrected chi connectivity index (χ3v) is 6.60. The van der Waals surface area contributed by atoms with Crippen molar-refractivity contribution in [2.75, 3.05) is 19.6 Å². The Balaban J connectivity index is 1.51. The number of halogens is 1. The number of hydrogen-bond acceptors (Lipinski definition) is 3. The van der Waals surface area contributed by atoms with Crippen LogP contribution in [0, 0.1) is 5.92 Å². The van der Waals surface area contributed by atoms with Crippen molar-refractivity contribution >= 4 is 28.5 Å². The topological polar surface area (TPSA) is 70.4 Å². The summed E-state index contributed by atoms with van der Waals surface area (Å²) in [7, 11) is 0. The van der Waals surface area contributed by atoms with Crippen LogP contribution in [0.15, 0.2) is 18.3 Å². The molecule has 1 unspecified atom stereocenters. The number of benzene rings is 1. The molecule has 146 valence electrons. The molecule has 6 nitrogen and oxygen atoms in total. The van der Waals surface area contributed by atoms with Crippen molar-refractivity contribution in [1.29, 1.82) is 0 Å². The molecule has 1 fully saturated rings. The fraction of sp³-hybridized carbons (Fsp3) is 0.600. The quantitative estimate of drug-likeness (QED) is 0.782. The summed E-state index contributed by atoms with van der Waals surface area (Å²) in [6, 6.07) is 3.77. The highest BCUT2D eigenvalue weighted by atomic mass is 35.5. The number of nitrogens with zero attached hydrogens (tertiary/aromatic N) is 3. The van der Waals surface area contributed by atoms with Gasteiger partial charge in [-0.05, 0) is 44.2 Å². The van der Waals surface area contributed by atoms with Crippen molar-refractivity contribution in [3.05, 3.63) is 28.9 Å². The summed E-state index contributed by atoms with van der Waals surface area (Å²) in [4.78, 5) is 14.2. The zero-order chi connectivity index (χ0) is 19.2. The molecule has 2 amide bonds. The summed E-state index contributed by atoms with van der Waals surface area (Å²) in [6.07, 6.45) is 4.95. The van der Waals surface area contributed by atoms with E-state index in [1.165, 1.54) is 0 Å². The van der Waals surface area contributed by atoms with E-state index in [0.29, 0.717) is 18.1 Å². The van der Waals surface area contributed by atoms with Crippen molar-refractivity contribution in [3.8, 4) is 0 Å². The molecule has 27 heavy (non-hydrogen) atoms. The number of aliphatic hydroxyl groups excluding tert-OH is 1. The number of aromatic nitrogens is 2. The number of urea groups is 1. The predicted molar refractivity (Wildman–Crippen MR) is 106 cm³/mol. The molecule has 0 bridgehead atoms. The van der Waals surface area contributed by atoms with E-state index >= 15 is 0 Å². The maximum atomic E-state index is 12.3. The Morgan fingerprint density at radius 1 is 1.41 bits per heavy atom. The first-order valence-electron chi connectivity index (χ1n) is 9.85. The Bertz CT molecular complexity index is 859. The average Bonchev–Trinajstić information content (AvgIpc) is 3.18. The average molecular weight is 391 g/mol. The molecule has 2 aliphatic heterocycles. The molecule has 0 aliphatic carbocycles.